The first-order valence-corrected chi connectivity index (χ1v) is 15.8. The number of morpholine rings is 1. The number of para-hydroxylation sites is 2. The van der Waals surface area contributed by atoms with Crippen molar-refractivity contribution in [3.63, 3.8) is 0 Å². The molecule has 0 amide bonds. The lowest BCUT2D eigenvalue weighted by molar-refractivity contribution is 0.122. The third-order valence-corrected chi connectivity index (χ3v) is 9.79. The molecule has 0 bridgehead atoms. The van der Waals surface area contributed by atoms with Gasteiger partial charge in [0.1, 0.15) is 11.6 Å². The van der Waals surface area contributed by atoms with Gasteiger partial charge in [0.25, 0.3) is 6.43 Å². The van der Waals surface area contributed by atoms with E-state index < -0.39 is 16.3 Å². The number of benzene rings is 1. The van der Waals surface area contributed by atoms with Gasteiger partial charge in [-0.3, -0.25) is 4.57 Å². The van der Waals surface area contributed by atoms with Gasteiger partial charge >= 0.3 is 0 Å². The molecule has 0 atom stereocenters. The molecule has 1 N–H and O–H groups in total. The van der Waals surface area contributed by atoms with E-state index >= 15 is 0 Å². The zero-order valence-corrected chi connectivity index (χ0v) is 23.2. The lowest BCUT2D eigenvalue weighted by Gasteiger charge is -2.34. The van der Waals surface area contributed by atoms with Crippen LogP contribution >= 0.6 is 0 Å². The molecular weight excluding hydrogens is 540 g/mol. The molecule has 10 nitrogen and oxygen atoms in total. The molecule has 3 fully saturated rings. The van der Waals surface area contributed by atoms with E-state index in [1.165, 1.54) is 4.57 Å². The molecule has 4 heterocycles. The molecular formula is C27H35F2N7O3S. The molecule has 2 aliphatic heterocycles. The Kier molecular flexibility index (Phi) is 7.87. The van der Waals surface area contributed by atoms with Crippen molar-refractivity contribution in [2.75, 3.05) is 67.7 Å². The lowest BCUT2D eigenvalue weighted by Crippen LogP contribution is -2.43. The third-order valence-electron chi connectivity index (χ3n) is 8.18. The Morgan fingerprint density at radius 2 is 1.65 bits per heavy atom. The molecule has 0 radical (unpaired) electrons. The Morgan fingerprint density at radius 1 is 0.950 bits per heavy atom. The molecule has 2 aromatic heterocycles. The minimum atomic E-state index is -2.87. The molecule has 2 saturated heterocycles. The van der Waals surface area contributed by atoms with Crippen molar-refractivity contribution in [1.29, 1.82) is 0 Å². The van der Waals surface area contributed by atoms with Crippen LogP contribution in [0, 0.1) is 5.92 Å². The summed E-state index contributed by atoms with van der Waals surface area (Å²) >= 11 is 0. The second kappa shape index (κ2) is 11.5. The van der Waals surface area contributed by atoms with E-state index in [4.69, 9.17) is 14.7 Å². The average Bonchev–Trinajstić information content (AvgIpc) is 3.36. The maximum atomic E-state index is 14.1. The van der Waals surface area contributed by atoms with Gasteiger partial charge in [-0.15, -0.1) is 0 Å². The number of hydrogen-bond acceptors (Lipinski definition) is 9. The van der Waals surface area contributed by atoms with Gasteiger partial charge in [-0.2, -0.15) is 9.97 Å². The molecule has 1 aromatic carbocycles. The lowest BCUT2D eigenvalue weighted by atomic mass is 9.85. The number of ether oxygens (including phenoxy) is 1. The summed E-state index contributed by atoms with van der Waals surface area (Å²) in [5.74, 6) is 2.14. The van der Waals surface area contributed by atoms with E-state index in [0.717, 1.165) is 32.2 Å². The van der Waals surface area contributed by atoms with Crippen LogP contribution in [-0.2, 0) is 14.6 Å². The normalized spacial score (nSPS) is 24.0. The van der Waals surface area contributed by atoms with Crippen LogP contribution in [0.25, 0.3) is 16.9 Å². The smallest absolute Gasteiger partial charge is 0.296 e. The van der Waals surface area contributed by atoms with Crippen molar-refractivity contribution in [3.8, 4) is 5.82 Å². The summed E-state index contributed by atoms with van der Waals surface area (Å²) in [5.41, 5.74) is 1.06. The van der Waals surface area contributed by atoms with Crippen molar-refractivity contribution in [2.45, 2.75) is 38.2 Å². The molecule has 216 valence electrons. The van der Waals surface area contributed by atoms with Crippen molar-refractivity contribution in [2.24, 2.45) is 5.92 Å². The van der Waals surface area contributed by atoms with Gasteiger partial charge in [0, 0.05) is 44.8 Å². The van der Waals surface area contributed by atoms with Crippen molar-refractivity contribution < 1.29 is 21.9 Å². The molecule has 40 heavy (non-hydrogen) atoms. The van der Waals surface area contributed by atoms with Crippen LogP contribution in [0.1, 0.15) is 37.9 Å². The van der Waals surface area contributed by atoms with Crippen LogP contribution in [0.4, 0.5) is 20.5 Å². The van der Waals surface area contributed by atoms with Gasteiger partial charge in [-0.1, -0.05) is 12.1 Å². The second-order valence-corrected chi connectivity index (χ2v) is 13.2. The highest BCUT2D eigenvalue weighted by Gasteiger charge is 2.28. The first kappa shape index (κ1) is 27.3. The molecule has 3 aromatic rings. The fraction of sp³-hybridized carbons (Fsp3) is 0.593. The summed E-state index contributed by atoms with van der Waals surface area (Å²) in [6.07, 6.45) is 1.17. The topological polar surface area (TPSA) is 105 Å². The predicted octanol–water partition coefficient (Wildman–Crippen LogP) is 3.29. The van der Waals surface area contributed by atoms with Crippen molar-refractivity contribution in [1.82, 2.24) is 24.4 Å². The zero-order chi connectivity index (χ0) is 27.7. The van der Waals surface area contributed by atoms with Gasteiger partial charge in [0.2, 0.25) is 5.95 Å². The number of nitrogens with zero attached hydrogens (tertiary/aromatic N) is 6. The quantitative estimate of drug-likeness (QED) is 0.454. The second-order valence-electron chi connectivity index (χ2n) is 10.9. The van der Waals surface area contributed by atoms with E-state index in [-0.39, 0.29) is 23.4 Å². The number of anilines is 2. The van der Waals surface area contributed by atoms with Gasteiger partial charge in [-0.25, -0.2) is 22.2 Å². The minimum Gasteiger partial charge on any atom is -0.378 e. The monoisotopic (exact) mass is 575 g/mol. The summed E-state index contributed by atoms with van der Waals surface area (Å²) in [7, 11) is -2.87. The van der Waals surface area contributed by atoms with E-state index in [1.807, 2.05) is 0 Å². The Hall–Kier alpha value is -2.90. The molecule has 3 aliphatic rings. The number of aromatic nitrogens is 4. The predicted molar refractivity (Wildman–Crippen MR) is 149 cm³/mol. The van der Waals surface area contributed by atoms with E-state index in [2.05, 4.69) is 20.1 Å². The third kappa shape index (κ3) is 6.06. The van der Waals surface area contributed by atoms with Crippen LogP contribution in [0.5, 0.6) is 0 Å². The van der Waals surface area contributed by atoms with Crippen LogP contribution < -0.4 is 10.2 Å². The van der Waals surface area contributed by atoms with Gasteiger partial charge in [0.15, 0.2) is 15.7 Å². The molecule has 0 unspecified atom stereocenters. The van der Waals surface area contributed by atoms with Gasteiger partial charge in [-0.05, 0) is 43.7 Å². The van der Waals surface area contributed by atoms with Gasteiger partial charge < -0.3 is 19.9 Å². The first-order chi connectivity index (χ1) is 19.3. The van der Waals surface area contributed by atoms with Crippen LogP contribution in [0.2, 0.25) is 0 Å². The molecule has 0 spiro atoms. The summed E-state index contributed by atoms with van der Waals surface area (Å²) in [4.78, 5) is 18.1. The fourth-order valence-electron chi connectivity index (χ4n) is 5.96. The minimum absolute atomic E-state index is 0.167. The number of imidazole rings is 1. The van der Waals surface area contributed by atoms with Crippen LogP contribution in [0.15, 0.2) is 30.3 Å². The summed E-state index contributed by atoms with van der Waals surface area (Å²) in [6.45, 7) is 4.64. The number of alkyl halides is 2. The Labute approximate surface area is 232 Å². The Morgan fingerprint density at radius 3 is 2.38 bits per heavy atom. The molecule has 1 aliphatic carbocycles. The average molecular weight is 576 g/mol. The fourth-order valence-corrected chi connectivity index (χ4v) is 7.23. The number of fused-ring (bicyclic) bond motifs is 1. The first-order valence-electron chi connectivity index (χ1n) is 14.0. The number of halogens is 2. The standard InChI is InChI=1S/C27H35F2N7O3S/c28-25(29)26-31-21-3-1-2-4-22(21)36(26)24-17-23(35-9-13-39-14-10-35)32-27(33-24)30-20-7-5-19(6-8-20)18-34-11-15-40(37,38)16-12-34/h1-4,17,19-20,25H,5-16,18H2,(H,30,32,33). The van der Waals surface area contributed by atoms with Gasteiger partial charge in [0.05, 0.1) is 35.8 Å². The summed E-state index contributed by atoms with van der Waals surface area (Å²) < 4.78 is 58.7. The highest BCUT2D eigenvalue weighted by molar-refractivity contribution is 7.91. The Bertz CT molecular complexity index is 1420. The van der Waals surface area contributed by atoms with Crippen molar-refractivity contribution >= 4 is 32.6 Å². The molecule has 1 saturated carbocycles. The molecule has 13 heteroatoms. The summed E-state index contributed by atoms with van der Waals surface area (Å²) in [6, 6.07) is 9.01. The number of rotatable bonds is 7. The molecule has 6 rings (SSSR count). The maximum absolute atomic E-state index is 14.1. The van der Waals surface area contributed by atoms with E-state index in [0.29, 0.717) is 73.9 Å². The highest BCUT2D eigenvalue weighted by atomic mass is 32.2. The highest BCUT2D eigenvalue weighted by Crippen LogP contribution is 2.31. The maximum Gasteiger partial charge on any atom is 0.296 e. The summed E-state index contributed by atoms with van der Waals surface area (Å²) in [5, 5.41) is 3.50. The SMILES string of the molecule is O=S1(=O)CCN(CC2CCC(Nc3nc(N4CCOCC4)cc(-n4c(C(F)F)nc5ccccc54)n3)CC2)CC1. The zero-order valence-electron chi connectivity index (χ0n) is 22.4. The van der Waals surface area contributed by atoms with Crippen LogP contribution in [-0.4, -0.2) is 96.3 Å². The van der Waals surface area contributed by atoms with E-state index in [9.17, 15) is 17.2 Å². The van der Waals surface area contributed by atoms with Crippen molar-refractivity contribution in [3.05, 3.63) is 36.2 Å². The number of hydrogen-bond donors (Lipinski definition) is 1. The van der Waals surface area contributed by atoms with E-state index in [1.54, 1.807) is 30.3 Å². The largest absolute Gasteiger partial charge is 0.378 e. The van der Waals surface area contributed by atoms with Crippen LogP contribution in [0.3, 0.4) is 0 Å². The Balaban J connectivity index is 1.22. The number of nitrogens with one attached hydrogen (secondary N) is 1. The number of sulfone groups is 1.